The molecular formula is C74H73F5GeN4OSi. The van der Waals surface area contributed by atoms with E-state index in [1.165, 1.54) is 21.7 Å². The Labute approximate surface area is 505 Å². The summed E-state index contributed by atoms with van der Waals surface area (Å²) in [6, 6.07) is 55.2. The Balaban J connectivity index is 1.24. The molecule has 9 aromatic carbocycles. The molecule has 438 valence electrons. The number of fused-ring (bicyclic) bond motifs is 2. The number of aromatic nitrogens is 4. The van der Waals surface area contributed by atoms with E-state index in [-0.39, 0.29) is 22.2 Å². The van der Waals surface area contributed by atoms with Crippen LogP contribution in [0.25, 0.3) is 101 Å². The maximum atomic E-state index is 15.7. The van der Waals surface area contributed by atoms with Crippen LogP contribution in [-0.4, -0.2) is 45.5 Å². The molecule has 0 spiro atoms. The van der Waals surface area contributed by atoms with Crippen molar-refractivity contribution >= 4 is 53.0 Å². The average Bonchev–Trinajstić information content (AvgIpc) is 1.55. The molecule has 12 heteroatoms. The quantitative estimate of drug-likeness (QED) is 0.0642. The molecular weight excluding hydrogens is 1160 g/mol. The molecule has 0 saturated heterocycles. The first kappa shape index (κ1) is 59.8. The molecule has 11 aromatic rings. The van der Waals surface area contributed by atoms with Crippen LogP contribution in [0, 0.1) is 29.1 Å². The third kappa shape index (κ3) is 10.8. The summed E-state index contributed by atoms with van der Waals surface area (Å²) < 4.78 is 81.3. The van der Waals surface area contributed by atoms with Crippen LogP contribution in [-0.2, 0) is 16.2 Å². The number of nitrogens with zero attached hydrogens (tertiary/aromatic N) is 4. The predicted octanol–water partition coefficient (Wildman–Crippen LogP) is 19.8. The van der Waals surface area contributed by atoms with Crippen molar-refractivity contribution in [3.63, 3.8) is 0 Å². The van der Waals surface area contributed by atoms with Crippen LogP contribution in [0.3, 0.4) is 0 Å². The second kappa shape index (κ2) is 21.5. The van der Waals surface area contributed by atoms with E-state index >= 15 is 8.78 Å². The summed E-state index contributed by atoms with van der Waals surface area (Å²) in [4.78, 5) is 11.1. The van der Waals surface area contributed by atoms with Gasteiger partial charge in [0, 0.05) is 11.1 Å². The molecule has 0 amide bonds. The van der Waals surface area contributed by atoms with E-state index in [9.17, 15) is 18.3 Å². The summed E-state index contributed by atoms with van der Waals surface area (Å²) in [5, 5.41) is 14.1. The zero-order chi connectivity index (χ0) is 61.9. The summed E-state index contributed by atoms with van der Waals surface area (Å²) >= 11 is -2.49. The van der Waals surface area contributed by atoms with Gasteiger partial charge < -0.3 is 5.11 Å². The van der Waals surface area contributed by atoms with Gasteiger partial charge in [0.1, 0.15) is 11.6 Å². The summed E-state index contributed by atoms with van der Waals surface area (Å²) in [5.74, 6) is -1.88. The predicted molar refractivity (Wildman–Crippen MR) is 352 cm³/mol. The normalized spacial score (nSPS) is 12.7. The Morgan fingerprint density at radius 3 is 1.55 bits per heavy atom. The number of para-hydroxylation sites is 1. The van der Waals surface area contributed by atoms with E-state index in [0.29, 0.717) is 33.8 Å². The van der Waals surface area contributed by atoms with Crippen LogP contribution in [0.15, 0.2) is 164 Å². The van der Waals surface area contributed by atoms with Gasteiger partial charge in [-0.2, -0.15) is 0 Å². The van der Waals surface area contributed by atoms with Crippen LogP contribution in [0.5, 0.6) is 5.75 Å². The van der Waals surface area contributed by atoms with Crippen LogP contribution in [0.1, 0.15) is 79.0 Å². The first-order valence-electron chi connectivity index (χ1n) is 29.3. The van der Waals surface area contributed by atoms with Gasteiger partial charge in [0.05, 0.1) is 19.3 Å². The van der Waals surface area contributed by atoms with E-state index in [1.54, 1.807) is 6.07 Å². The molecule has 0 aliphatic carbocycles. The summed E-state index contributed by atoms with van der Waals surface area (Å²) in [6.07, 6.45) is 0. The van der Waals surface area contributed by atoms with E-state index in [4.69, 9.17) is 9.97 Å². The molecule has 2 heterocycles. The summed E-state index contributed by atoms with van der Waals surface area (Å²) in [5.41, 5.74) is 11.4. The van der Waals surface area contributed by atoms with Crippen molar-refractivity contribution in [2.75, 3.05) is 0 Å². The van der Waals surface area contributed by atoms with Crippen molar-refractivity contribution in [1.29, 1.82) is 0 Å². The van der Waals surface area contributed by atoms with Gasteiger partial charge in [0.15, 0.2) is 0 Å². The summed E-state index contributed by atoms with van der Waals surface area (Å²) in [6.45, 7) is 26.4. The molecule has 11 rings (SSSR count). The molecule has 0 atom stereocenters. The Morgan fingerprint density at radius 1 is 0.430 bits per heavy atom. The first-order valence-corrected chi connectivity index (χ1v) is 40.2. The Kier molecular flexibility index (Phi) is 15.0. The summed E-state index contributed by atoms with van der Waals surface area (Å²) in [7, 11) is -1.85. The van der Waals surface area contributed by atoms with E-state index < -0.39 is 66.8 Å². The van der Waals surface area contributed by atoms with Gasteiger partial charge in [0.2, 0.25) is 5.82 Å². The van der Waals surface area contributed by atoms with Crippen molar-refractivity contribution in [1.82, 2.24) is 19.1 Å². The topological polar surface area (TPSA) is 55.9 Å². The first-order chi connectivity index (χ1) is 40.3. The molecule has 0 fully saturated rings. The molecule has 0 aliphatic rings. The molecule has 0 unspecified atom stereocenters. The van der Waals surface area contributed by atoms with Gasteiger partial charge in [-0.25, -0.2) is 13.2 Å². The van der Waals surface area contributed by atoms with Gasteiger partial charge in [-0.3, -0.25) is 4.57 Å². The van der Waals surface area contributed by atoms with Crippen LogP contribution >= 0.6 is 0 Å². The van der Waals surface area contributed by atoms with Crippen molar-refractivity contribution < 1.29 is 27.1 Å². The SMILES string of the molecule is CC(C)(C)c1cc(-c2cccc3c2nc(-c2cc(C(C)(C)C)cc(C(C)(C)C)c2O)n3-c2ccc([Si](C)(C)C)cc2-c2ccccc2)cc(-c2nc3cc(-c4c(F)c(F)c(F)c(F)c4F)ccc3n2-c2cc[c]([Ge]([CH3])([CH3])[CH3])cc2-c2ccccc2)c1. The van der Waals surface area contributed by atoms with Crippen molar-refractivity contribution in [3.05, 3.63) is 210 Å². The number of phenolic OH excluding ortho intramolecular Hbond substituents is 1. The maximum absolute atomic E-state index is 15.7. The average molecular weight is 1230 g/mol. The van der Waals surface area contributed by atoms with Gasteiger partial charge in [-0.05, 0) is 40.2 Å². The molecule has 0 aliphatic heterocycles. The number of rotatable bonds is 10. The van der Waals surface area contributed by atoms with Crippen molar-refractivity contribution in [3.8, 4) is 84.4 Å². The molecule has 0 radical (unpaired) electrons. The number of aromatic hydroxyl groups is 1. The van der Waals surface area contributed by atoms with Gasteiger partial charge in [-0.15, -0.1) is 0 Å². The Hall–Kier alpha value is -7.87. The van der Waals surface area contributed by atoms with Gasteiger partial charge in [0.25, 0.3) is 0 Å². The molecule has 86 heavy (non-hydrogen) atoms. The number of hydrogen-bond donors (Lipinski definition) is 1. The molecule has 5 nitrogen and oxygen atoms in total. The second-order valence-corrected chi connectivity index (χ2v) is 43.8. The molecule has 0 bridgehead atoms. The third-order valence-corrected chi connectivity index (χ3v) is 22.9. The number of halogens is 5. The fraction of sp³-hybridized carbons (Fsp3) is 0.243. The standard InChI is InChI=1S/C74H73F5GeN4OSi/c1-72(2,3)48-36-46(35-47(37-48)70-81-57-38-45(62-63(75)65(77)67(79)66(78)64(62)76)29-32-60(57)83(70)58-33-30-50(80(10,11)12)41-53(58)43-23-18-16-19-24-43)52-27-22-28-61-68(52)82-71(55-39-49(73(4,5)6)40-56(69(55)85)74(7,8)9)84(61)59-34-31-51(86(13,14)15)42-54(59)44-25-20-17-21-26-44/h16-42,85H,1-15H3. The van der Waals surface area contributed by atoms with Crippen molar-refractivity contribution in [2.24, 2.45) is 0 Å². The third-order valence-electron chi connectivity index (χ3n) is 16.6. The number of imidazole rings is 2. The minimum absolute atomic E-state index is 0.163. The van der Waals surface area contributed by atoms with Crippen LogP contribution < -0.4 is 9.58 Å². The second-order valence-electron chi connectivity index (χ2n) is 28.0. The fourth-order valence-corrected chi connectivity index (χ4v) is 15.1. The van der Waals surface area contributed by atoms with Crippen molar-refractivity contribution in [2.45, 2.75) is 115 Å². The molecule has 0 saturated carbocycles. The molecule has 2 aromatic heterocycles. The number of phenols is 1. The monoisotopic (exact) mass is 1230 g/mol. The Morgan fingerprint density at radius 2 is 0.977 bits per heavy atom. The zero-order valence-corrected chi connectivity index (χ0v) is 54.8. The zero-order valence-electron chi connectivity index (χ0n) is 51.7. The Bertz CT molecular complexity index is 4470. The minimum atomic E-state index is -2.49. The van der Waals surface area contributed by atoms with E-state index in [2.05, 4.69) is 225 Å². The van der Waals surface area contributed by atoms with Crippen LogP contribution in [0.2, 0.25) is 36.9 Å². The van der Waals surface area contributed by atoms with Gasteiger partial charge >= 0.3 is 283 Å². The fourth-order valence-electron chi connectivity index (χ4n) is 11.5. The van der Waals surface area contributed by atoms with Gasteiger partial charge in [-0.1, -0.05) is 115 Å². The van der Waals surface area contributed by atoms with E-state index in [0.717, 1.165) is 67.0 Å². The number of hydrogen-bond acceptors (Lipinski definition) is 3. The molecule has 1 N–H and O–H groups in total. The number of benzene rings is 9. The van der Waals surface area contributed by atoms with E-state index in [1.807, 2.05) is 28.8 Å². The van der Waals surface area contributed by atoms with Crippen LogP contribution in [0.4, 0.5) is 22.0 Å².